The lowest BCUT2D eigenvalue weighted by Gasteiger charge is -1.90. The van der Waals surface area contributed by atoms with Crippen LogP contribution >= 0.6 is 27.5 Å². The normalized spacial score (nSPS) is 10.7. The molecule has 0 unspecified atom stereocenters. The third-order valence-electron chi connectivity index (χ3n) is 1.58. The minimum atomic E-state index is 0.673. The predicted octanol–water partition coefficient (Wildman–Crippen LogP) is 3.58. The van der Waals surface area contributed by atoms with Gasteiger partial charge in [0.05, 0.1) is 0 Å². The Morgan fingerprint density at radius 1 is 1.36 bits per heavy atom. The zero-order valence-corrected chi connectivity index (χ0v) is 7.91. The average molecular weight is 230 g/mol. The van der Waals surface area contributed by atoms with Gasteiger partial charge in [0.1, 0.15) is 5.15 Å². The number of fused-ring (bicyclic) bond motifs is 1. The first-order chi connectivity index (χ1) is 5.27. The monoisotopic (exact) mass is 229 g/mol. The smallest absolute Gasteiger partial charge is 0.107 e. The summed E-state index contributed by atoms with van der Waals surface area (Å²) in [5.74, 6) is 0. The van der Waals surface area contributed by atoms with Crippen molar-refractivity contribution in [3.63, 3.8) is 0 Å². The molecule has 0 saturated carbocycles. The van der Waals surface area contributed by atoms with Crippen LogP contribution < -0.4 is 0 Å². The van der Waals surface area contributed by atoms with Crippen LogP contribution in [0.2, 0.25) is 5.15 Å². The molecule has 0 aliphatic heterocycles. The SMILES string of the molecule is Clc1cc2c(Br)cccc2[nH]1. The van der Waals surface area contributed by atoms with Gasteiger partial charge >= 0.3 is 0 Å². The molecule has 0 spiro atoms. The van der Waals surface area contributed by atoms with Crippen LogP contribution in [0.3, 0.4) is 0 Å². The highest BCUT2D eigenvalue weighted by atomic mass is 79.9. The summed E-state index contributed by atoms with van der Waals surface area (Å²) in [4.78, 5) is 3.03. The second-order valence-electron chi connectivity index (χ2n) is 2.32. The van der Waals surface area contributed by atoms with E-state index in [9.17, 15) is 0 Å². The van der Waals surface area contributed by atoms with E-state index in [-0.39, 0.29) is 0 Å². The van der Waals surface area contributed by atoms with Crippen LogP contribution in [0.4, 0.5) is 0 Å². The molecule has 2 rings (SSSR count). The van der Waals surface area contributed by atoms with Crippen molar-refractivity contribution in [2.75, 3.05) is 0 Å². The summed E-state index contributed by atoms with van der Waals surface area (Å²) >= 11 is 9.21. The Morgan fingerprint density at radius 3 is 2.91 bits per heavy atom. The lowest BCUT2D eigenvalue weighted by atomic mass is 10.3. The minimum absolute atomic E-state index is 0.673. The van der Waals surface area contributed by atoms with Gasteiger partial charge in [-0.1, -0.05) is 33.6 Å². The summed E-state index contributed by atoms with van der Waals surface area (Å²) in [6.07, 6.45) is 0. The molecule has 1 nitrogen and oxygen atoms in total. The van der Waals surface area contributed by atoms with E-state index in [0.717, 1.165) is 15.4 Å². The number of halogens is 2. The van der Waals surface area contributed by atoms with Crippen molar-refractivity contribution in [1.82, 2.24) is 4.98 Å². The first-order valence-corrected chi connectivity index (χ1v) is 4.37. The highest BCUT2D eigenvalue weighted by Crippen LogP contribution is 2.25. The Bertz CT molecular complexity index is 394. The molecule has 1 aromatic carbocycles. The fourth-order valence-corrected chi connectivity index (χ4v) is 1.78. The summed E-state index contributed by atoms with van der Waals surface area (Å²) in [5.41, 5.74) is 1.06. The average Bonchev–Trinajstić information content (AvgIpc) is 2.31. The van der Waals surface area contributed by atoms with Crippen LogP contribution in [0, 0.1) is 0 Å². The van der Waals surface area contributed by atoms with E-state index >= 15 is 0 Å². The van der Waals surface area contributed by atoms with E-state index in [1.807, 2.05) is 24.3 Å². The van der Waals surface area contributed by atoms with Gasteiger partial charge in [0.25, 0.3) is 0 Å². The first-order valence-electron chi connectivity index (χ1n) is 3.20. The predicted molar refractivity (Wildman–Crippen MR) is 51.0 cm³/mol. The van der Waals surface area contributed by atoms with Crippen molar-refractivity contribution in [2.45, 2.75) is 0 Å². The topological polar surface area (TPSA) is 15.8 Å². The second kappa shape index (κ2) is 2.54. The van der Waals surface area contributed by atoms with Gasteiger partial charge in [0, 0.05) is 15.4 Å². The molecule has 2 aromatic rings. The number of hydrogen-bond donors (Lipinski definition) is 1. The van der Waals surface area contributed by atoms with Crippen LogP contribution in [-0.2, 0) is 0 Å². The molecule has 56 valence electrons. The molecule has 0 aliphatic carbocycles. The Hall–Kier alpha value is -0.470. The van der Waals surface area contributed by atoms with Crippen molar-refractivity contribution >= 4 is 38.4 Å². The molecule has 3 heteroatoms. The number of aromatic amines is 1. The van der Waals surface area contributed by atoms with Gasteiger partial charge in [0.15, 0.2) is 0 Å². The molecule has 1 heterocycles. The molecule has 0 fully saturated rings. The van der Waals surface area contributed by atoms with E-state index in [2.05, 4.69) is 20.9 Å². The number of rotatable bonds is 0. The maximum atomic E-state index is 5.78. The number of aromatic nitrogens is 1. The maximum Gasteiger partial charge on any atom is 0.107 e. The molecule has 1 N–H and O–H groups in total. The van der Waals surface area contributed by atoms with Crippen molar-refractivity contribution in [1.29, 1.82) is 0 Å². The van der Waals surface area contributed by atoms with E-state index in [1.54, 1.807) is 0 Å². The Morgan fingerprint density at radius 2 is 2.18 bits per heavy atom. The molecule has 0 saturated heterocycles. The van der Waals surface area contributed by atoms with Crippen LogP contribution in [-0.4, -0.2) is 4.98 Å². The summed E-state index contributed by atoms with van der Waals surface area (Å²) in [6, 6.07) is 7.86. The van der Waals surface area contributed by atoms with Gasteiger partial charge in [0.2, 0.25) is 0 Å². The van der Waals surface area contributed by atoms with Crippen molar-refractivity contribution in [3.05, 3.63) is 33.9 Å². The second-order valence-corrected chi connectivity index (χ2v) is 3.58. The van der Waals surface area contributed by atoms with Crippen LogP contribution in [0.1, 0.15) is 0 Å². The van der Waals surface area contributed by atoms with E-state index in [0.29, 0.717) is 5.15 Å². The van der Waals surface area contributed by atoms with Crippen LogP contribution in [0.25, 0.3) is 10.9 Å². The van der Waals surface area contributed by atoms with Gasteiger partial charge in [-0.05, 0) is 18.2 Å². The molecular weight excluding hydrogens is 225 g/mol. The molecule has 0 atom stereocenters. The number of H-pyrrole nitrogens is 1. The summed E-state index contributed by atoms with van der Waals surface area (Å²) in [6.45, 7) is 0. The van der Waals surface area contributed by atoms with Gasteiger partial charge < -0.3 is 4.98 Å². The van der Waals surface area contributed by atoms with Crippen molar-refractivity contribution < 1.29 is 0 Å². The number of nitrogens with one attached hydrogen (secondary N) is 1. The maximum absolute atomic E-state index is 5.78. The molecule has 11 heavy (non-hydrogen) atoms. The van der Waals surface area contributed by atoms with Gasteiger partial charge in [-0.3, -0.25) is 0 Å². The Balaban J connectivity index is 2.90. The van der Waals surface area contributed by atoms with Crippen LogP contribution in [0.5, 0.6) is 0 Å². The number of hydrogen-bond acceptors (Lipinski definition) is 0. The Kier molecular flexibility index (Phi) is 1.66. The van der Waals surface area contributed by atoms with E-state index in [4.69, 9.17) is 11.6 Å². The molecule has 0 aliphatic rings. The fraction of sp³-hybridized carbons (Fsp3) is 0. The lowest BCUT2D eigenvalue weighted by molar-refractivity contribution is 1.47. The third-order valence-corrected chi connectivity index (χ3v) is 2.47. The molecule has 0 radical (unpaired) electrons. The molecular formula is C8H5BrClN. The van der Waals surface area contributed by atoms with Crippen LogP contribution in [0.15, 0.2) is 28.7 Å². The highest BCUT2D eigenvalue weighted by Gasteiger charge is 2.00. The zero-order valence-electron chi connectivity index (χ0n) is 5.57. The molecule has 1 aromatic heterocycles. The minimum Gasteiger partial charge on any atom is -0.346 e. The fourth-order valence-electron chi connectivity index (χ4n) is 1.08. The lowest BCUT2D eigenvalue weighted by Crippen LogP contribution is -1.66. The number of benzene rings is 1. The van der Waals surface area contributed by atoms with Gasteiger partial charge in [-0.2, -0.15) is 0 Å². The van der Waals surface area contributed by atoms with Crippen molar-refractivity contribution in [2.24, 2.45) is 0 Å². The molecule has 0 bridgehead atoms. The van der Waals surface area contributed by atoms with E-state index in [1.165, 1.54) is 0 Å². The first kappa shape index (κ1) is 7.19. The van der Waals surface area contributed by atoms with Gasteiger partial charge in [-0.25, -0.2) is 0 Å². The summed E-state index contributed by atoms with van der Waals surface area (Å²) in [7, 11) is 0. The van der Waals surface area contributed by atoms with Crippen molar-refractivity contribution in [3.8, 4) is 0 Å². The molecule has 0 amide bonds. The zero-order chi connectivity index (χ0) is 7.84. The van der Waals surface area contributed by atoms with Gasteiger partial charge in [-0.15, -0.1) is 0 Å². The standard InChI is InChI=1S/C8H5BrClN/c9-6-2-1-3-7-5(6)4-8(10)11-7/h1-4,11H. The quantitative estimate of drug-likeness (QED) is 0.712. The highest BCUT2D eigenvalue weighted by molar-refractivity contribution is 9.10. The third kappa shape index (κ3) is 1.17. The largest absolute Gasteiger partial charge is 0.346 e. The Labute approximate surface area is 77.5 Å². The summed E-state index contributed by atoms with van der Waals surface area (Å²) in [5, 5.41) is 1.80. The summed E-state index contributed by atoms with van der Waals surface area (Å²) < 4.78 is 1.07. The van der Waals surface area contributed by atoms with E-state index < -0.39 is 0 Å².